The Kier molecular flexibility index (Phi) is 6.10. The zero-order valence-electron chi connectivity index (χ0n) is 16.1. The van der Waals surface area contributed by atoms with Gasteiger partial charge in [0.2, 0.25) is 11.9 Å². The molecule has 1 atom stereocenters. The number of carbonyl (C=O) groups excluding carboxylic acids is 1. The summed E-state index contributed by atoms with van der Waals surface area (Å²) in [7, 11) is 0. The quantitative estimate of drug-likeness (QED) is 0.414. The average molecular weight is 428 g/mol. The zero-order valence-corrected chi connectivity index (χ0v) is 16.9. The molecule has 156 valence electrons. The Morgan fingerprint density at radius 1 is 1.27 bits per heavy atom. The number of nitrogens with zero attached hydrogens (tertiary/aromatic N) is 4. The summed E-state index contributed by atoms with van der Waals surface area (Å²) in [6, 6.07) is 9.49. The summed E-state index contributed by atoms with van der Waals surface area (Å²) in [6.07, 6.45) is 6.87. The predicted octanol–water partition coefficient (Wildman–Crippen LogP) is 2.49. The lowest BCUT2D eigenvalue weighted by atomic mass is 10.1. The molecule has 1 aliphatic carbocycles. The molecule has 0 saturated heterocycles. The highest BCUT2D eigenvalue weighted by molar-refractivity contribution is 6.32. The summed E-state index contributed by atoms with van der Waals surface area (Å²) >= 11 is 6.24. The number of benzene rings is 1. The lowest BCUT2D eigenvalue weighted by Gasteiger charge is -2.18. The van der Waals surface area contributed by atoms with Gasteiger partial charge in [0, 0.05) is 12.2 Å². The summed E-state index contributed by atoms with van der Waals surface area (Å²) in [5.74, 6) is 0.652. The van der Waals surface area contributed by atoms with Crippen LogP contribution in [0.5, 0.6) is 0 Å². The van der Waals surface area contributed by atoms with Gasteiger partial charge in [0.1, 0.15) is 11.6 Å². The summed E-state index contributed by atoms with van der Waals surface area (Å²) in [5, 5.41) is 23.4. The molecule has 1 fully saturated rings. The van der Waals surface area contributed by atoms with Gasteiger partial charge < -0.3 is 21.1 Å². The maximum absolute atomic E-state index is 11.9. The molecular weight excluding hydrogens is 406 g/mol. The Morgan fingerprint density at radius 3 is 2.80 bits per heavy atom. The Hall–Kier alpha value is -3.17. The van der Waals surface area contributed by atoms with Crippen molar-refractivity contribution in [1.29, 1.82) is 0 Å². The van der Waals surface area contributed by atoms with E-state index < -0.39 is 0 Å². The van der Waals surface area contributed by atoms with Gasteiger partial charge in [-0.25, -0.2) is 4.98 Å². The van der Waals surface area contributed by atoms with Crippen LogP contribution in [0.2, 0.25) is 5.02 Å². The molecular formula is C20H22ClN7O2. The number of aliphatic hydroxyl groups excluding tert-OH is 1. The van der Waals surface area contributed by atoms with E-state index in [1.807, 2.05) is 30.3 Å². The second-order valence-corrected chi connectivity index (χ2v) is 7.48. The number of amides is 1. The highest BCUT2D eigenvalue weighted by Crippen LogP contribution is 2.25. The molecule has 9 nitrogen and oxygen atoms in total. The minimum Gasteiger partial charge on any atom is -0.394 e. The predicted molar refractivity (Wildman–Crippen MR) is 114 cm³/mol. The normalized spacial score (nSPS) is 14.2. The van der Waals surface area contributed by atoms with Crippen LogP contribution >= 0.6 is 11.6 Å². The third-order valence-electron chi connectivity index (χ3n) is 4.58. The van der Waals surface area contributed by atoms with Gasteiger partial charge in [-0.15, -0.1) is 0 Å². The molecule has 1 saturated carbocycles. The first kappa shape index (κ1) is 20.1. The van der Waals surface area contributed by atoms with Crippen molar-refractivity contribution in [2.45, 2.75) is 31.5 Å². The van der Waals surface area contributed by atoms with Gasteiger partial charge in [0.25, 0.3) is 0 Å². The van der Waals surface area contributed by atoms with E-state index in [0.717, 1.165) is 18.4 Å². The molecule has 10 heteroatoms. The molecule has 2 heterocycles. The first-order valence-corrected chi connectivity index (χ1v) is 10.0. The van der Waals surface area contributed by atoms with Crippen molar-refractivity contribution in [2.75, 3.05) is 17.2 Å². The van der Waals surface area contributed by atoms with E-state index in [0.29, 0.717) is 28.5 Å². The molecule has 2 aromatic heterocycles. The fourth-order valence-electron chi connectivity index (χ4n) is 2.91. The number of nitrogens with one attached hydrogen (secondary N) is 3. The van der Waals surface area contributed by atoms with E-state index in [-0.39, 0.29) is 25.1 Å². The molecule has 3 aromatic rings. The Morgan fingerprint density at radius 2 is 2.07 bits per heavy atom. The van der Waals surface area contributed by atoms with Crippen molar-refractivity contribution in [1.82, 2.24) is 25.1 Å². The van der Waals surface area contributed by atoms with Crippen LogP contribution in [0, 0.1) is 0 Å². The summed E-state index contributed by atoms with van der Waals surface area (Å²) in [6.45, 7) is 0.0323. The largest absolute Gasteiger partial charge is 0.394 e. The number of hydrogen-bond acceptors (Lipinski definition) is 7. The maximum Gasteiger partial charge on any atom is 0.241 e. The lowest BCUT2D eigenvalue weighted by molar-refractivity contribution is -0.122. The van der Waals surface area contributed by atoms with Crippen LogP contribution in [0.3, 0.4) is 0 Å². The number of aliphatic hydroxyl groups is 1. The summed E-state index contributed by atoms with van der Waals surface area (Å²) < 4.78 is 1.55. The van der Waals surface area contributed by atoms with E-state index in [4.69, 9.17) is 11.6 Å². The van der Waals surface area contributed by atoms with Crippen LogP contribution < -0.4 is 16.0 Å². The van der Waals surface area contributed by atoms with E-state index in [1.54, 1.807) is 17.1 Å². The molecule has 1 aromatic carbocycles. The Labute approximate surface area is 178 Å². The second kappa shape index (κ2) is 9.10. The van der Waals surface area contributed by atoms with Gasteiger partial charge in [0.15, 0.2) is 5.82 Å². The van der Waals surface area contributed by atoms with Crippen molar-refractivity contribution in [3.8, 4) is 0 Å². The highest BCUT2D eigenvalue weighted by atomic mass is 35.5. The molecule has 30 heavy (non-hydrogen) atoms. The van der Waals surface area contributed by atoms with E-state index >= 15 is 0 Å². The topological polar surface area (TPSA) is 117 Å². The van der Waals surface area contributed by atoms with Crippen LogP contribution in [0.4, 0.5) is 17.5 Å². The third-order valence-corrected chi connectivity index (χ3v) is 4.85. The van der Waals surface area contributed by atoms with E-state index in [2.05, 4.69) is 31.0 Å². The summed E-state index contributed by atoms with van der Waals surface area (Å²) in [5.41, 5.74) is 1.55. The zero-order chi connectivity index (χ0) is 20.9. The smallest absolute Gasteiger partial charge is 0.241 e. The first-order valence-electron chi connectivity index (χ1n) is 9.64. The monoisotopic (exact) mass is 427 g/mol. The Balaban J connectivity index is 1.42. The molecule has 4 N–H and O–H groups in total. The van der Waals surface area contributed by atoms with Gasteiger partial charge in [-0.1, -0.05) is 41.9 Å². The highest BCUT2D eigenvalue weighted by Gasteiger charge is 2.23. The molecule has 1 unspecified atom stereocenters. The molecule has 0 bridgehead atoms. The number of halogens is 1. The molecule has 0 aliphatic heterocycles. The van der Waals surface area contributed by atoms with Crippen molar-refractivity contribution < 1.29 is 9.90 Å². The number of carbonyl (C=O) groups is 1. The SMILES string of the molecule is O=C(Cn1cc(Nc2ncc(Cl)c(NC(CO)c3ccccc3)n2)cn1)NC1CC1. The van der Waals surface area contributed by atoms with Crippen molar-refractivity contribution in [2.24, 2.45) is 0 Å². The van der Waals surface area contributed by atoms with Gasteiger partial charge in [0.05, 0.1) is 30.7 Å². The first-order chi connectivity index (χ1) is 14.6. The minimum absolute atomic E-state index is 0.0580. The van der Waals surface area contributed by atoms with Crippen molar-refractivity contribution >= 4 is 35.0 Å². The molecule has 1 amide bonds. The summed E-state index contributed by atoms with van der Waals surface area (Å²) in [4.78, 5) is 20.5. The van der Waals surface area contributed by atoms with Gasteiger partial charge >= 0.3 is 0 Å². The van der Waals surface area contributed by atoms with Gasteiger partial charge in [-0.05, 0) is 18.4 Å². The van der Waals surface area contributed by atoms with Crippen LogP contribution in [0.15, 0.2) is 48.9 Å². The molecule has 4 rings (SSSR count). The number of aromatic nitrogens is 4. The number of rotatable bonds is 9. The molecule has 0 radical (unpaired) electrons. The molecule has 1 aliphatic rings. The van der Waals surface area contributed by atoms with Crippen molar-refractivity contribution in [3.63, 3.8) is 0 Å². The van der Waals surface area contributed by atoms with Gasteiger partial charge in [-0.2, -0.15) is 10.1 Å². The van der Waals surface area contributed by atoms with Gasteiger partial charge in [-0.3, -0.25) is 9.48 Å². The van der Waals surface area contributed by atoms with Crippen molar-refractivity contribution in [3.05, 3.63) is 59.5 Å². The third kappa shape index (κ3) is 5.25. The van der Waals surface area contributed by atoms with Crippen LogP contribution in [0.1, 0.15) is 24.4 Å². The fraction of sp³-hybridized carbons (Fsp3) is 0.300. The second-order valence-electron chi connectivity index (χ2n) is 7.07. The lowest BCUT2D eigenvalue weighted by Crippen LogP contribution is -2.29. The molecule has 0 spiro atoms. The Bertz CT molecular complexity index is 1010. The number of hydrogen-bond donors (Lipinski definition) is 4. The van der Waals surface area contributed by atoms with E-state index in [1.165, 1.54) is 6.20 Å². The van der Waals surface area contributed by atoms with Crippen LogP contribution in [-0.2, 0) is 11.3 Å². The average Bonchev–Trinajstić information content (AvgIpc) is 3.46. The minimum atomic E-state index is -0.362. The van der Waals surface area contributed by atoms with E-state index in [9.17, 15) is 9.90 Å². The standard InChI is InChI=1S/C20H22ClN7O2/c21-16-9-22-20(27-19(16)26-17(12-29)13-4-2-1-3-5-13)25-15-8-23-28(10-15)11-18(30)24-14-6-7-14/h1-5,8-10,14,17,29H,6-7,11-12H2,(H,24,30)(H2,22,25,26,27). The van der Waals surface area contributed by atoms with Crippen LogP contribution in [-0.4, -0.2) is 43.4 Å². The van der Waals surface area contributed by atoms with Crippen LogP contribution in [0.25, 0.3) is 0 Å². The number of anilines is 3. The fourth-order valence-corrected chi connectivity index (χ4v) is 3.05. The maximum atomic E-state index is 11.9.